The van der Waals surface area contributed by atoms with Crippen molar-refractivity contribution < 1.29 is 14.6 Å². The predicted octanol–water partition coefficient (Wildman–Crippen LogP) is 5.78. The summed E-state index contributed by atoms with van der Waals surface area (Å²) in [5, 5.41) is 9.02. The van der Waals surface area contributed by atoms with E-state index in [2.05, 4.69) is 12.2 Å². The van der Waals surface area contributed by atoms with E-state index >= 15 is 0 Å². The highest BCUT2D eigenvalue weighted by molar-refractivity contribution is 6.20. The molecule has 0 rings (SSSR count). The Morgan fingerprint density at radius 1 is 0.958 bits per heavy atom. The van der Waals surface area contributed by atoms with Gasteiger partial charge in [-0.1, -0.05) is 50.7 Å². The summed E-state index contributed by atoms with van der Waals surface area (Å²) in [6, 6.07) is 0. The van der Waals surface area contributed by atoms with Gasteiger partial charge in [-0.25, -0.2) is 0 Å². The number of aliphatic hydroxyl groups excluding tert-OH is 1. The third-order valence-corrected chi connectivity index (χ3v) is 4.49. The van der Waals surface area contributed by atoms with Crippen molar-refractivity contribution in [2.24, 2.45) is 0 Å². The van der Waals surface area contributed by atoms with Gasteiger partial charge in [0.1, 0.15) is 0 Å². The molecule has 0 bridgehead atoms. The van der Waals surface area contributed by atoms with E-state index in [1.165, 1.54) is 38.5 Å². The summed E-state index contributed by atoms with van der Waals surface area (Å²) in [6.45, 7) is 2.62. The van der Waals surface area contributed by atoms with Gasteiger partial charge in [0.25, 0.3) is 0 Å². The van der Waals surface area contributed by atoms with Crippen LogP contribution in [-0.2, 0) is 9.53 Å². The second-order valence-corrected chi connectivity index (χ2v) is 6.95. The fourth-order valence-electron chi connectivity index (χ4n) is 2.63. The molecule has 0 aliphatic heterocycles. The van der Waals surface area contributed by atoms with Gasteiger partial charge in [0, 0.05) is 18.4 Å². The third kappa shape index (κ3) is 17.8. The topological polar surface area (TPSA) is 46.5 Å². The largest absolute Gasteiger partial charge is 0.466 e. The first-order chi connectivity index (χ1) is 11.7. The van der Waals surface area contributed by atoms with Crippen LogP contribution in [0.3, 0.4) is 0 Å². The van der Waals surface area contributed by atoms with Crippen molar-refractivity contribution in [2.75, 3.05) is 13.2 Å². The summed E-state index contributed by atoms with van der Waals surface area (Å²) < 4.78 is 4.88. The summed E-state index contributed by atoms with van der Waals surface area (Å²) in [6.07, 6.45) is 18.2. The second-order valence-electron chi connectivity index (χ2n) is 6.33. The van der Waals surface area contributed by atoms with E-state index in [1.807, 2.05) is 6.92 Å². The highest BCUT2D eigenvalue weighted by Crippen LogP contribution is 2.17. The lowest BCUT2D eigenvalue weighted by molar-refractivity contribution is -0.143. The van der Waals surface area contributed by atoms with Crippen LogP contribution in [-0.4, -0.2) is 29.7 Å². The Balaban J connectivity index is 3.30. The van der Waals surface area contributed by atoms with Gasteiger partial charge in [-0.3, -0.25) is 4.79 Å². The minimum Gasteiger partial charge on any atom is -0.466 e. The number of alkyl halides is 1. The summed E-state index contributed by atoms with van der Waals surface area (Å²) in [5.74, 6) is -0.111. The lowest BCUT2D eigenvalue weighted by atomic mass is 10.0. The maximum Gasteiger partial charge on any atom is 0.306 e. The molecule has 142 valence electrons. The molecule has 0 aliphatic rings. The van der Waals surface area contributed by atoms with Crippen LogP contribution >= 0.6 is 11.6 Å². The molecule has 3 nitrogen and oxygen atoms in total. The monoisotopic (exact) mass is 360 g/mol. The van der Waals surface area contributed by atoms with E-state index in [-0.39, 0.29) is 5.97 Å². The van der Waals surface area contributed by atoms with Crippen molar-refractivity contribution >= 4 is 17.6 Å². The molecule has 0 radical (unpaired) electrons. The highest BCUT2D eigenvalue weighted by Gasteiger charge is 2.03. The summed E-state index contributed by atoms with van der Waals surface area (Å²) in [7, 11) is 0. The lowest BCUT2D eigenvalue weighted by Gasteiger charge is -2.08. The highest BCUT2D eigenvalue weighted by atomic mass is 35.5. The van der Waals surface area contributed by atoms with Crippen LogP contribution in [0.25, 0.3) is 0 Å². The van der Waals surface area contributed by atoms with Gasteiger partial charge in [0.2, 0.25) is 0 Å². The number of esters is 1. The van der Waals surface area contributed by atoms with Gasteiger partial charge in [0.15, 0.2) is 0 Å². The van der Waals surface area contributed by atoms with Crippen molar-refractivity contribution in [3.63, 3.8) is 0 Å². The van der Waals surface area contributed by atoms with E-state index < -0.39 is 0 Å². The number of ether oxygens (including phenoxy) is 1. The van der Waals surface area contributed by atoms with Crippen molar-refractivity contribution in [1.29, 1.82) is 0 Å². The maximum absolute atomic E-state index is 11.1. The molecule has 1 N–H and O–H groups in total. The molecule has 24 heavy (non-hydrogen) atoms. The van der Waals surface area contributed by atoms with E-state index in [4.69, 9.17) is 21.4 Å². The van der Waals surface area contributed by atoms with Crippen LogP contribution < -0.4 is 0 Å². The summed E-state index contributed by atoms with van der Waals surface area (Å²) in [4.78, 5) is 11.1. The molecular formula is C20H37ClO3. The van der Waals surface area contributed by atoms with Crippen LogP contribution in [0.15, 0.2) is 12.2 Å². The number of carbonyl (C=O) groups excluding carboxylic acids is 1. The Hall–Kier alpha value is -0.540. The fraction of sp³-hybridized carbons (Fsp3) is 0.850. The first kappa shape index (κ1) is 23.5. The SMILES string of the molecule is CCOC(=O)CC/C=C/CCCC[C@@H](Cl)CCCCCCCCO. The molecule has 0 aliphatic carbocycles. The number of carbonyl (C=O) groups is 1. The molecule has 0 aromatic rings. The quantitative estimate of drug-likeness (QED) is 0.155. The Morgan fingerprint density at radius 2 is 1.54 bits per heavy atom. The molecule has 0 saturated heterocycles. The minimum absolute atomic E-state index is 0.111. The van der Waals surface area contributed by atoms with Crippen molar-refractivity contribution in [3.05, 3.63) is 12.2 Å². The first-order valence-electron chi connectivity index (χ1n) is 9.76. The zero-order valence-electron chi connectivity index (χ0n) is 15.5. The average Bonchev–Trinajstić information content (AvgIpc) is 2.56. The second kappa shape index (κ2) is 18.8. The van der Waals surface area contributed by atoms with Crippen LogP contribution in [0.4, 0.5) is 0 Å². The number of allylic oxidation sites excluding steroid dienone is 2. The number of aliphatic hydroxyl groups is 1. The van der Waals surface area contributed by atoms with Gasteiger partial charge in [0.05, 0.1) is 6.61 Å². The van der Waals surface area contributed by atoms with Crippen LogP contribution in [0.5, 0.6) is 0 Å². The molecule has 0 unspecified atom stereocenters. The third-order valence-electron chi connectivity index (χ3n) is 4.05. The molecule has 0 fully saturated rings. The van der Waals surface area contributed by atoms with Crippen molar-refractivity contribution in [2.45, 2.75) is 95.8 Å². The van der Waals surface area contributed by atoms with E-state index in [0.717, 1.165) is 38.5 Å². The molecule has 0 heterocycles. The maximum atomic E-state index is 11.1. The Bertz CT molecular complexity index is 305. The fourth-order valence-corrected chi connectivity index (χ4v) is 2.94. The summed E-state index contributed by atoms with van der Waals surface area (Å²) >= 11 is 6.37. The molecule has 0 spiro atoms. The van der Waals surface area contributed by atoms with E-state index in [1.54, 1.807) is 0 Å². The standard InChI is InChI=1S/C20H37ClO3/c1-2-24-20(23)17-13-9-4-3-7-11-15-19(21)16-12-8-5-6-10-14-18-22/h4,9,19,22H,2-3,5-8,10-18H2,1H3/b9-4+/t19-/m1/s1. The van der Waals surface area contributed by atoms with E-state index in [9.17, 15) is 4.79 Å². The summed E-state index contributed by atoms with van der Waals surface area (Å²) in [5.41, 5.74) is 0. The Labute approximate surface area is 153 Å². The zero-order chi connectivity index (χ0) is 17.9. The number of rotatable bonds is 17. The predicted molar refractivity (Wildman–Crippen MR) is 103 cm³/mol. The Kier molecular flexibility index (Phi) is 18.4. The molecule has 0 saturated carbocycles. The molecular weight excluding hydrogens is 324 g/mol. The molecule has 0 aromatic heterocycles. The van der Waals surface area contributed by atoms with Crippen LogP contribution in [0, 0.1) is 0 Å². The van der Waals surface area contributed by atoms with Gasteiger partial charge in [-0.05, 0) is 45.4 Å². The van der Waals surface area contributed by atoms with Gasteiger partial charge < -0.3 is 9.84 Å². The molecule has 0 aromatic carbocycles. The average molecular weight is 361 g/mol. The number of hydrogen-bond donors (Lipinski definition) is 1. The molecule has 0 amide bonds. The van der Waals surface area contributed by atoms with Gasteiger partial charge in [-0.2, -0.15) is 0 Å². The van der Waals surface area contributed by atoms with Crippen molar-refractivity contribution in [3.8, 4) is 0 Å². The van der Waals surface area contributed by atoms with Crippen LogP contribution in [0.1, 0.15) is 90.4 Å². The number of halogens is 1. The molecule has 1 atom stereocenters. The Morgan fingerprint density at radius 3 is 2.21 bits per heavy atom. The lowest BCUT2D eigenvalue weighted by Crippen LogP contribution is -2.02. The van der Waals surface area contributed by atoms with Crippen molar-refractivity contribution in [1.82, 2.24) is 0 Å². The smallest absolute Gasteiger partial charge is 0.306 e. The van der Waals surface area contributed by atoms with Gasteiger partial charge >= 0.3 is 5.97 Å². The minimum atomic E-state index is -0.111. The van der Waals surface area contributed by atoms with Crippen LogP contribution in [0.2, 0.25) is 0 Å². The number of unbranched alkanes of at least 4 members (excludes halogenated alkanes) is 7. The normalized spacial score (nSPS) is 12.6. The first-order valence-corrected chi connectivity index (χ1v) is 10.2. The van der Waals surface area contributed by atoms with E-state index in [0.29, 0.717) is 25.0 Å². The number of hydrogen-bond acceptors (Lipinski definition) is 3. The molecule has 4 heteroatoms. The zero-order valence-corrected chi connectivity index (χ0v) is 16.2. The van der Waals surface area contributed by atoms with Gasteiger partial charge in [-0.15, -0.1) is 11.6 Å².